The van der Waals surface area contributed by atoms with Gasteiger partial charge in [0.1, 0.15) is 17.6 Å². The third-order valence-corrected chi connectivity index (χ3v) is 4.75. The van der Waals surface area contributed by atoms with Crippen LogP contribution in [0.3, 0.4) is 0 Å². The SMILES string of the molecule is COc1ccc(C(=O)NC(CCSC)c2nc(-c3ccc(F)cc3)no2)cc1. The van der Waals surface area contributed by atoms with Crippen molar-refractivity contribution in [2.24, 2.45) is 0 Å². The summed E-state index contributed by atoms with van der Waals surface area (Å²) in [6.07, 6.45) is 2.62. The van der Waals surface area contributed by atoms with E-state index in [9.17, 15) is 9.18 Å². The van der Waals surface area contributed by atoms with Crippen LogP contribution >= 0.6 is 11.8 Å². The molecule has 3 aromatic rings. The van der Waals surface area contributed by atoms with E-state index >= 15 is 0 Å². The van der Waals surface area contributed by atoms with Crippen LogP contribution in [0.15, 0.2) is 53.1 Å². The minimum absolute atomic E-state index is 0.240. The number of aromatic nitrogens is 2. The van der Waals surface area contributed by atoms with Gasteiger partial charge in [0, 0.05) is 11.1 Å². The highest BCUT2D eigenvalue weighted by Crippen LogP contribution is 2.22. The van der Waals surface area contributed by atoms with Gasteiger partial charge in [-0.25, -0.2) is 4.39 Å². The Morgan fingerprint density at radius 1 is 1.21 bits per heavy atom. The van der Waals surface area contributed by atoms with Crippen LogP contribution in [0.25, 0.3) is 11.4 Å². The second-order valence-electron chi connectivity index (χ2n) is 6.00. The van der Waals surface area contributed by atoms with Crippen molar-refractivity contribution in [3.8, 4) is 17.1 Å². The molecular formula is C20H20FN3O3S. The molecule has 0 bridgehead atoms. The van der Waals surface area contributed by atoms with Gasteiger partial charge in [-0.05, 0) is 67.0 Å². The van der Waals surface area contributed by atoms with Crippen LogP contribution in [0.2, 0.25) is 0 Å². The van der Waals surface area contributed by atoms with Crippen LogP contribution in [0.5, 0.6) is 5.75 Å². The Hall–Kier alpha value is -2.87. The molecule has 0 fully saturated rings. The van der Waals surface area contributed by atoms with Gasteiger partial charge in [0.15, 0.2) is 0 Å². The molecule has 0 spiro atoms. The zero-order valence-corrected chi connectivity index (χ0v) is 16.3. The number of rotatable bonds is 8. The van der Waals surface area contributed by atoms with Gasteiger partial charge in [-0.15, -0.1) is 0 Å². The lowest BCUT2D eigenvalue weighted by atomic mass is 10.1. The molecule has 8 heteroatoms. The highest BCUT2D eigenvalue weighted by atomic mass is 32.2. The summed E-state index contributed by atoms with van der Waals surface area (Å²) in [4.78, 5) is 17.0. The first kappa shape index (κ1) is 19.9. The number of amides is 1. The van der Waals surface area contributed by atoms with Gasteiger partial charge in [-0.3, -0.25) is 4.79 Å². The molecule has 28 heavy (non-hydrogen) atoms. The molecule has 146 valence electrons. The Kier molecular flexibility index (Phi) is 6.65. The average molecular weight is 401 g/mol. The number of hydrogen-bond donors (Lipinski definition) is 1. The van der Waals surface area contributed by atoms with Crippen molar-refractivity contribution in [3.05, 3.63) is 65.8 Å². The van der Waals surface area contributed by atoms with E-state index in [2.05, 4.69) is 15.5 Å². The summed E-state index contributed by atoms with van der Waals surface area (Å²) in [6, 6.07) is 12.2. The van der Waals surface area contributed by atoms with Crippen molar-refractivity contribution < 1.29 is 18.4 Å². The highest BCUT2D eigenvalue weighted by molar-refractivity contribution is 7.98. The first-order valence-electron chi connectivity index (χ1n) is 8.64. The molecule has 1 N–H and O–H groups in total. The first-order chi connectivity index (χ1) is 13.6. The molecule has 0 saturated heterocycles. The topological polar surface area (TPSA) is 77.2 Å². The second kappa shape index (κ2) is 9.36. The Balaban J connectivity index is 1.77. The fourth-order valence-electron chi connectivity index (χ4n) is 2.57. The molecule has 0 aliphatic carbocycles. The number of benzene rings is 2. The number of carbonyl (C=O) groups excluding carboxylic acids is 1. The van der Waals surface area contributed by atoms with Gasteiger partial charge in [0.05, 0.1) is 7.11 Å². The summed E-state index contributed by atoms with van der Waals surface area (Å²) < 4.78 is 23.6. The molecule has 0 saturated carbocycles. The van der Waals surface area contributed by atoms with E-state index in [0.717, 1.165) is 5.75 Å². The van der Waals surface area contributed by atoms with E-state index in [1.807, 2.05) is 6.26 Å². The Labute approximate surface area is 166 Å². The number of halogens is 1. The molecule has 1 aromatic heterocycles. The molecule has 1 atom stereocenters. The summed E-state index contributed by atoms with van der Waals surface area (Å²) >= 11 is 1.66. The number of thioether (sulfide) groups is 1. The van der Waals surface area contributed by atoms with E-state index in [4.69, 9.17) is 9.26 Å². The van der Waals surface area contributed by atoms with Gasteiger partial charge in [0.2, 0.25) is 11.7 Å². The molecule has 3 rings (SSSR count). The van der Waals surface area contributed by atoms with E-state index in [1.165, 1.54) is 12.1 Å². The number of hydrogen-bond acceptors (Lipinski definition) is 6. The lowest BCUT2D eigenvalue weighted by Gasteiger charge is -2.14. The zero-order chi connectivity index (χ0) is 19.9. The lowest BCUT2D eigenvalue weighted by Crippen LogP contribution is -2.29. The zero-order valence-electron chi connectivity index (χ0n) is 15.5. The molecule has 1 heterocycles. The maximum atomic E-state index is 13.1. The number of nitrogens with one attached hydrogen (secondary N) is 1. The average Bonchev–Trinajstić information content (AvgIpc) is 3.21. The van der Waals surface area contributed by atoms with Crippen LogP contribution in [-0.2, 0) is 0 Å². The summed E-state index contributed by atoms with van der Waals surface area (Å²) in [7, 11) is 1.57. The first-order valence-corrected chi connectivity index (χ1v) is 10.0. The fraction of sp³-hybridized carbons (Fsp3) is 0.250. The van der Waals surface area contributed by atoms with Gasteiger partial charge >= 0.3 is 0 Å². The van der Waals surface area contributed by atoms with Gasteiger partial charge in [-0.1, -0.05) is 5.16 Å². The van der Waals surface area contributed by atoms with E-state index in [1.54, 1.807) is 55.3 Å². The van der Waals surface area contributed by atoms with Crippen molar-refractivity contribution in [2.45, 2.75) is 12.5 Å². The van der Waals surface area contributed by atoms with Crippen LogP contribution in [-0.4, -0.2) is 35.2 Å². The van der Waals surface area contributed by atoms with Crippen LogP contribution in [0.1, 0.15) is 28.7 Å². The minimum Gasteiger partial charge on any atom is -0.497 e. The molecule has 2 aromatic carbocycles. The summed E-state index contributed by atoms with van der Waals surface area (Å²) in [5.74, 6) is 1.57. The van der Waals surface area contributed by atoms with Crippen molar-refractivity contribution >= 4 is 17.7 Å². The van der Waals surface area contributed by atoms with E-state index in [0.29, 0.717) is 35.0 Å². The summed E-state index contributed by atoms with van der Waals surface area (Å²) in [5.41, 5.74) is 1.15. The van der Waals surface area contributed by atoms with Crippen LogP contribution in [0, 0.1) is 5.82 Å². The predicted octanol–water partition coefficient (Wildman–Crippen LogP) is 4.11. The van der Waals surface area contributed by atoms with Crippen LogP contribution in [0.4, 0.5) is 4.39 Å². The summed E-state index contributed by atoms with van der Waals surface area (Å²) in [5, 5.41) is 6.91. The second-order valence-corrected chi connectivity index (χ2v) is 6.98. The lowest BCUT2D eigenvalue weighted by molar-refractivity contribution is 0.0927. The standard InChI is InChI=1S/C20H20FN3O3S/c1-26-16-9-5-14(6-10-16)19(25)22-17(11-12-28-2)20-23-18(24-27-20)13-3-7-15(21)8-4-13/h3-10,17H,11-12H2,1-2H3,(H,22,25). The molecular weight excluding hydrogens is 381 g/mol. The fourth-order valence-corrected chi connectivity index (χ4v) is 3.04. The number of carbonyl (C=O) groups is 1. The Morgan fingerprint density at radius 3 is 2.57 bits per heavy atom. The van der Waals surface area contributed by atoms with Crippen molar-refractivity contribution in [2.75, 3.05) is 19.1 Å². The number of ether oxygens (including phenoxy) is 1. The van der Waals surface area contributed by atoms with Gasteiger partial charge < -0.3 is 14.6 Å². The maximum absolute atomic E-state index is 13.1. The van der Waals surface area contributed by atoms with Crippen LogP contribution < -0.4 is 10.1 Å². The minimum atomic E-state index is -0.427. The molecule has 0 radical (unpaired) electrons. The normalized spacial score (nSPS) is 11.8. The molecule has 6 nitrogen and oxygen atoms in total. The van der Waals surface area contributed by atoms with Gasteiger partial charge in [-0.2, -0.15) is 16.7 Å². The third-order valence-electron chi connectivity index (χ3n) is 4.11. The number of nitrogens with zero attached hydrogens (tertiary/aromatic N) is 2. The quantitative estimate of drug-likeness (QED) is 0.612. The summed E-state index contributed by atoms with van der Waals surface area (Å²) in [6.45, 7) is 0. The maximum Gasteiger partial charge on any atom is 0.251 e. The van der Waals surface area contributed by atoms with E-state index < -0.39 is 6.04 Å². The monoisotopic (exact) mass is 401 g/mol. The van der Waals surface area contributed by atoms with Crippen molar-refractivity contribution in [1.29, 1.82) is 0 Å². The molecule has 1 amide bonds. The number of methoxy groups -OCH3 is 1. The van der Waals surface area contributed by atoms with Crippen molar-refractivity contribution in [1.82, 2.24) is 15.5 Å². The van der Waals surface area contributed by atoms with E-state index in [-0.39, 0.29) is 11.7 Å². The van der Waals surface area contributed by atoms with Crippen molar-refractivity contribution in [3.63, 3.8) is 0 Å². The smallest absolute Gasteiger partial charge is 0.251 e. The molecule has 0 aliphatic heterocycles. The largest absolute Gasteiger partial charge is 0.497 e. The van der Waals surface area contributed by atoms with Gasteiger partial charge in [0.25, 0.3) is 5.91 Å². The predicted molar refractivity (Wildman–Crippen MR) is 106 cm³/mol. The Bertz CT molecular complexity index is 913. The third kappa shape index (κ3) is 4.89. The Morgan fingerprint density at radius 2 is 1.93 bits per heavy atom. The molecule has 1 unspecified atom stereocenters. The molecule has 0 aliphatic rings. The highest BCUT2D eigenvalue weighted by Gasteiger charge is 2.22.